The van der Waals surface area contributed by atoms with E-state index in [-0.39, 0.29) is 17.5 Å². The number of carboxylic acid groups (broad SMARTS) is 1. The molecule has 0 aliphatic carbocycles. The number of carbonyl (C=O) groups excluding carboxylic acids is 1. The van der Waals surface area contributed by atoms with Gasteiger partial charge in [-0.05, 0) is 39.5 Å². The van der Waals surface area contributed by atoms with Gasteiger partial charge in [-0.25, -0.2) is 9.78 Å². The molecule has 3 heterocycles. The van der Waals surface area contributed by atoms with Crippen molar-refractivity contribution in [3.63, 3.8) is 0 Å². The van der Waals surface area contributed by atoms with Crippen molar-refractivity contribution in [1.29, 1.82) is 0 Å². The van der Waals surface area contributed by atoms with Crippen LogP contribution in [0.4, 0.5) is 0 Å². The van der Waals surface area contributed by atoms with Gasteiger partial charge < -0.3 is 10.0 Å². The average Bonchev–Trinajstić information content (AvgIpc) is 3.17. The van der Waals surface area contributed by atoms with Gasteiger partial charge in [0.05, 0.1) is 28.6 Å². The highest BCUT2D eigenvalue weighted by Gasteiger charge is 2.28. The quantitative estimate of drug-likeness (QED) is 0.866. The van der Waals surface area contributed by atoms with Crippen LogP contribution in [0.3, 0.4) is 0 Å². The van der Waals surface area contributed by atoms with Crippen molar-refractivity contribution >= 4 is 23.2 Å². The van der Waals surface area contributed by atoms with E-state index in [9.17, 15) is 14.7 Å². The minimum atomic E-state index is -0.954. The fourth-order valence-electron chi connectivity index (χ4n) is 3.43. The fourth-order valence-corrected chi connectivity index (χ4v) is 4.56. The molecule has 0 unspecified atom stereocenters. The van der Waals surface area contributed by atoms with Gasteiger partial charge >= 0.3 is 5.97 Å². The molecule has 0 radical (unpaired) electrons. The van der Waals surface area contributed by atoms with Gasteiger partial charge in [-0.15, -0.1) is 11.3 Å². The Hall–Kier alpha value is -2.22. The van der Waals surface area contributed by atoms with E-state index in [1.165, 1.54) is 17.5 Å². The van der Waals surface area contributed by atoms with Crippen LogP contribution in [0.25, 0.3) is 0 Å². The predicted molar refractivity (Wildman–Crippen MR) is 98.9 cm³/mol. The molecule has 2 aromatic rings. The van der Waals surface area contributed by atoms with E-state index in [0.717, 1.165) is 41.3 Å². The Bertz CT molecular complexity index is 819. The standard InChI is InChI=1S/C18H24N4O3S/c1-4-5-15-20-11(2)16(26-15)17(23)21-8-6-13(7-9-21)22-12(3)14(10-19-22)18(24)25/h10,13H,4-9H2,1-3H3,(H,24,25). The van der Waals surface area contributed by atoms with Crippen molar-refractivity contribution < 1.29 is 14.7 Å². The lowest BCUT2D eigenvalue weighted by atomic mass is 10.0. The number of hydrogen-bond donors (Lipinski definition) is 1. The minimum absolute atomic E-state index is 0.0595. The van der Waals surface area contributed by atoms with E-state index in [2.05, 4.69) is 17.0 Å². The Morgan fingerprint density at radius 1 is 1.31 bits per heavy atom. The van der Waals surface area contributed by atoms with Gasteiger partial charge in [0.1, 0.15) is 10.4 Å². The minimum Gasteiger partial charge on any atom is -0.478 e. The average molecular weight is 376 g/mol. The molecule has 1 fully saturated rings. The Labute approximate surface area is 156 Å². The number of aryl methyl sites for hydroxylation is 2. The van der Waals surface area contributed by atoms with Gasteiger partial charge in [-0.3, -0.25) is 9.48 Å². The van der Waals surface area contributed by atoms with Gasteiger partial charge in [-0.1, -0.05) is 6.92 Å². The Balaban J connectivity index is 1.67. The number of aromatic carboxylic acids is 1. The van der Waals surface area contributed by atoms with E-state index < -0.39 is 5.97 Å². The number of thiazole rings is 1. The largest absolute Gasteiger partial charge is 0.478 e. The van der Waals surface area contributed by atoms with Crippen LogP contribution in [0.2, 0.25) is 0 Å². The Kier molecular flexibility index (Phi) is 5.41. The highest BCUT2D eigenvalue weighted by Crippen LogP contribution is 2.27. The van der Waals surface area contributed by atoms with Crippen LogP contribution in [0.15, 0.2) is 6.20 Å². The number of hydrogen-bond acceptors (Lipinski definition) is 5. The molecule has 1 saturated heterocycles. The van der Waals surface area contributed by atoms with Crippen LogP contribution < -0.4 is 0 Å². The SMILES string of the molecule is CCCc1nc(C)c(C(=O)N2CCC(n3ncc(C(=O)O)c3C)CC2)s1. The molecule has 0 aromatic carbocycles. The summed E-state index contributed by atoms with van der Waals surface area (Å²) in [5.41, 5.74) is 1.73. The summed E-state index contributed by atoms with van der Waals surface area (Å²) in [6.45, 7) is 7.08. The Morgan fingerprint density at radius 3 is 2.58 bits per heavy atom. The first kappa shape index (κ1) is 18.6. The molecular weight excluding hydrogens is 352 g/mol. The molecule has 26 heavy (non-hydrogen) atoms. The first-order valence-electron chi connectivity index (χ1n) is 8.95. The molecule has 0 bridgehead atoms. The number of carboxylic acids is 1. The number of aromatic nitrogens is 3. The summed E-state index contributed by atoms with van der Waals surface area (Å²) in [4.78, 5) is 31.2. The summed E-state index contributed by atoms with van der Waals surface area (Å²) in [6.07, 6.45) is 4.88. The number of nitrogens with zero attached hydrogens (tertiary/aromatic N) is 4. The van der Waals surface area contributed by atoms with Gasteiger partial charge in [-0.2, -0.15) is 5.10 Å². The number of likely N-dealkylation sites (tertiary alicyclic amines) is 1. The lowest BCUT2D eigenvalue weighted by molar-refractivity contribution is 0.0691. The summed E-state index contributed by atoms with van der Waals surface area (Å²) in [7, 11) is 0. The molecule has 1 aliphatic rings. The molecule has 0 atom stereocenters. The zero-order chi connectivity index (χ0) is 18.8. The summed E-state index contributed by atoms with van der Waals surface area (Å²) in [5, 5.41) is 14.4. The molecule has 0 spiro atoms. The van der Waals surface area contributed by atoms with Gasteiger partial charge in [0.15, 0.2) is 0 Å². The summed E-state index contributed by atoms with van der Waals surface area (Å²) in [5.74, 6) is -0.894. The van der Waals surface area contributed by atoms with Gasteiger partial charge in [0, 0.05) is 13.1 Å². The molecule has 1 N–H and O–H groups in total. The molecular formula is C18H24N4O3S. The summed E-state index contributed by atoms with van der Waals surface area (Å²) >= 11 is 1.51. The van der Waals surface area contributed by atoms with E-state index >= 15 is 0 Å². The number of carbonyl (C=O) groups is 2. The maximum Gasteiger partial charge on any atom is 0.339 e. The molecule has 8 heteroatoms. The van der Waals surface area contributed by atoms with Crippen LogP contribution in [-0.4, -0.2) is 49.7 Å². The first-order chi connectivity index (χ1) is 12.4. The van der Waals surface area contributed by atoms with Gasteiger partial charge in [0.25, 0.3) is 5.91 Å². The summed E-state index contributed by atoms with van der Waals surface area (Å²) in [6, 6.07) is 0.130. The lowest BCUT2D eigenvalue weighted by Gasteiger charge is -2.32. The van der Waals surface area contributed by atoms with Crippen molar-refractivity contribution in [1.82, 2.24) is 19.7 Å². The van der Waals surface area contributed by atoms with E-state index in [4.69, 9.17) is 0 Å². The zero-order valence-electron chi connectivity index (χ0n) is 15.4. The smallest absolute Gasteiger partial charge is 0.339 e. The third kappa shape index (κ3) is 3.51. The molecule has 140 valence electrons. The molecule has 7 nitrogen and oxygen atoms in total. The fraction of sp³-hybridized carbons (Fsp3) is 0.556. The van der Waals surface area contributed by atoms with E-state index in [1.54, 1.807) is 11.6 Å². The van der Waals surface area contributed by atoms with Crippen LogP contribution in [0.1, 0.15) is 68.7 Å². The second-order valence-corrected chi connectivity index (χ2v) is 7.77. The lowest BCUT2D eigenvalue weighted by Crippen LogP contribution is -2.39. The van der Waals surface area contributed by atoms with Crippen molar-refractivity contribution in [2.45, 2.75) is 52.5 Å². The number of piperidine rings is 1. The van der Waals surface area contributed by atoms with Gasteiger partial charge in [0.2, 0.25) is 0 Å². The van der Waals surface area contributed by atoms with E-state index in [1.807, 2.05) is 11.8 Å². The Morgan fingerprint density at radius 2 is 2.00 bits per heavy atom. The van der Waals surface area contributed by atoms with Crippen LogP contribution in [0, 0.1) is 13.8 Å². The number of rotatable bonds is 5. The third-order valence-corrected chi connectivity index (χ3v) is 6.08. The molecule has 0 saturated carbocycles. The monoisotopic (exact) mass is 376 g/mol. The maximum atomic E-state index is 12.8. The van der Waals surface area contributed by atoms with Crippen LogP contribution in [0.5, 0.6) is 0 Å². The van der Waals surface area contributed by atoms with Crippen molar-refractivity contribution in [2.24, 2.45) is 0 Å². The second kappa shape index (κ2) is 7.57. The molecule has 1 amide bonds. The first-order valence-corrected chi connectivity index (χ1v) is 9.77. The maximum absolute atomic E-state index is 12.8. The normalized spacial score (nSPS) is 15.4. The van der Waals surface area contributed by atoms with Crippen LogP contribution >= 0.6 is 11.3 Å². The highest BCUT2D eigenvalue weighted by molar-refractivity contribution is 7.13. The van der Waals surface area contributed by atoms with Crippen molar-refractivity contribution in [2.75, 3.05) is 13.1 Å². The number of amides is 1. The highest BCUT2D eigenvalue weighted by atomic mass is 32.1. The van der Waals surface area contributed by atoms with Crippen molar-refractivity contribution in [3.8, 4) is 0 Å². The van der Waals surface area contributed by atoms with Crippen molar-refractivity contribution in [3.05, 3.63) is 33.0 Å². The molecule has 3 rings (SSSR count). The van der Waals surface area contributed by atoms with Crippen LogP contribution in [-0.2, 0) is 6.42 Å². The topological polar surface area (TPSA) is 88.3 Å². The molecule has 1 aliphatic heterocycles. The summed E-state index contributed by atoms with van der Waals surface area (Å²) < 4.78 is 1.79. The zero-order valence-corrected chi connectivity index (χ0v) is 16.2. The van der Waals surface area contributed by atoms with E-state index in [0.29, 0.717) is 18.8 Å². The predicted octanol–water partition coefficient (Wildman–Crippen LogP) is 3.08. The second-order valence-electron chi connectivity index (χ2n) is 6.69. The molecule has 2 aromatic heterocycles. The third-order valence-electron chi connectivity index (χ3n) is 4.87.